The average Bonchev–Trinajstić information content (AvgIpc) is 3.50. The molecular formula is C23H21FN4O3. The Hall–Kier alpha value is -3.68. The minimum Gasteiger partial charge on any atom is -0.465 e. The lowest BCUT2D eigenvalue weighted by Gasteiger charge is -2.09. The van der Waals surface area contributed by atoms with E-state index in [4.69, 9.17) is 9.15 Å². The highest BCUT2D eigenvalue weighted by molar-refractivity contribution is 5.94. The maximum Gasteiger partial charge on any atom is 0.337 e. The molecule has 0 unspecified atom stereocenters. The van der Waals surface area contributed by atoms with E-state index in [-0.39, 0.29) is 12.6 Å². The van der Waals surface area contributed by atoms with Crippen LogP contribution in [0, 0.1) is 0 Å². The predicted octanol–water partition coefficient (Wildman–Crippen LogP) is 4.03. The van der Waals surface area contributed by atoms with Gasteiger partial charge in [0.05, 0.1) is 36.4 Å². The number of aromatic nitrogens is 3. The Morgan fingerprint density at radius 2 is 2.03 bits per heavy atom. The van der Waals surface area contributed by atoms with E-state index < -0.39 is 12.6 Å². The fourth-order valence-corrected chi connectivity index (χ4v) is 4.15. The Labute approximate surface area is 177 Å². The Morgan fingerprint density at radius 1 is 1.26 bits per heavy atom. The van der Waals surface area contributed by atoms with E-state index in [0.717, 1.165) is 12.8 Å². The van der Waals surface area contributed by atoms with Crippen LogP contribution in [0.4, 0.5) is 10.4 Å². The van der Waals surface area contributed by atoms with Gasteiger partial charge in [-0.05, 0) is 42.2 Å². The first kappa shape index (κ1) is 19.3. The van der Waals surface area contributed by atoms with Crippen LogP contribution in [0.1, 0.15) is 21.5 Å². The van der Waals surface area contributed by atoms with Gasteiger partial charge >= 0.3 is 5.97 Å². The molecule has 1 aliphatic rings. The van der Waals surface area contributed by atoms with Crippen LogP contribution in [0.25, 0.3) is 22.6 Å². The number of imidazole rings is 1. The molecule has 0 atom stereocenters. The number of oxazole rings is 1. The molecule has 0 aliphatic heterocycles. The van der Waals surface area contributed by atoms with E-state index in [9.17, 15) is 9.18 Å². The number of fused-ring (bicyclic) bond motifs is 2. The van der Waals surface area contributed by atoms with Crippen LogP contribution in [0.2, 0.25) is 0 Å². The van der Waals surface area contributed by atoms with Crippen molar-refractivity contribution in [2.24, 2.45) is 0 Å². The van der Waals surface area contributed by atoms with Gasteiger partial charge in [-0.2, -0.15) is 0 Å². The smallest absolute Gasteiger partial charge is 0.337 e. The minimum absolute atomic E-state index is 0.0812. The number of aryl methyl sites for hydroxylation is 1. The minimum atomic E-state index is -0.583. The average molecular weight is 420 g/mol. The first-order chi connectivity index (χ1) is 15.2. The number of hydrogen-bond donors (Lipinski definition) is 1. The summed E-state index contributed by atoms with van der Waals surface area (Å²) in [6.45, 7) is -0.502. The second-order valence-electron chi connectivity index (χ2n) is 7.52. The molecule has 7 nitrogen and oxygen atoms in total. The number of benzene rings is 2. The van der Waals surface area contributed by atoms with E-state index in [0.29, 0.717) is 34.2 Å². The van der Waals surface area contributed by atoms with Gasteiger partial charge in [-0.15, -0.1) is 0 Å². The Bertz CT molecular complexity index is 1240. The molecule has 158 valence electrons. The maximum absolute atomic E-state index is 13.3. The number of halogens is 1. The Morgan fingerprint density at radius 3 is 2.74 bits per heavy atom. The summed E-state index contributed by atoms with van der Waals surface area (Å²) in [4.78, 5) is 20.8. The van der Waals surface area contributed by atoms with Gasteiger partial charge in [0.15, 0.2) is 11.6 Å². The van der Waals surface area contributed by atoms with Crippen LogP contribution in [0.5, 0.6) is 0 Å². The van der Waals surface area contributed by atoms with Gasteiger partial charge in [-0.25, -0.2) is 19.2 Å². The lowest BCUT2D eigenvalue weighted by Crippen LogP contribution is -2.19. The lowest BCUT2D eigenvalue weighted by atomic mass is 10.1. The van der Waals surface area contributed by atoms with Gasteiger partial charge in [0.2, 0.25) is 0 Å². The number of nitrogens with one attached hydrogen (secondary N) is 1. The van der Waals surface area contributed by atoms with E-state index in [1.54, 1.807) is 29.0 Å². The zero-order valence-corrected chi connectivity index (χ0v) is 17.0. The van der Waals surface area contributed by atoms with Gasteiger partial charge in [0.25, 0.3) is 6.01 Å². The van der Waals surface area contributed by atoms with E-state index in [1.807, 2.05) is 12.1 Å². The number of carbonyl (C=O) groups is 1. The van der Waals surface area contributed by atoms with Gasteiger partial charge in [-0.3, -0.25) is 0 Å². The molecule has 8 heteroatoms. The summed E-state index contributed by atoms with van der Waals surface area (Å²) in [6.07, 6.45) is 3.40. The van der Waals surface area contributed by atoms with Crippen molar-refractivity contribution in [3.63, 3.8) is 0 Å². The molecule has 0 spiro atoms. The number of ether oxygens (including phenoxy) is 1. The van der Waals surface area contributed by atoms with Crippen molar-refractivity contribution in [1.82, 2.24) is 14.5 Å². The van der Waals surface area contributed by atoms with Crippen molar-refractivity contribution in [2.45, 2.75) is 25.4 Å². The fraction of sp³-hybridized carbons (Fsp3) is 0.261. The molecule has 0 saturated heterocycles. The molecule has 0 bridgehead atoms. The molecule has 2 heterocycles. The Balaban J connectivity index is 1.44. The van der Waals surface area contributed by atoms with Crippen LogP contribution in [-0.2, 0) is 24.1 Å². The second-order valence-corrected chi connectivity index (χ2v) is 7.52. The number of rotatable bonds is 6. The highest BCUT2D eigenvalue weighted by atomic mass is 19.1. The van der Waals surface area contributed by atoms with Crippen LogP contribution < -0.4 is 5.32 Å². The fourth-order valence-electron chi connectivity index (χ4n) is 4.15. The highest BCUT2D eigenvalue weighted by Crippen LogP contribution is 2.29. The number of nitrogens with zero attached hydrogens (tertiary/aromatic N) is 3. The molecule has 0 saturated carbocycles. The number of methoxy groups -OCH3 is 1. The lowest BCUT2D eigenvalue weighted by molar-refractivity contribution is 0.0601. The second kappa shape index (κ2) is 7.86. The first-order valence-electron chi connectivity index (χ1n) is 10.1. The number of alkyl halides is 1. The summed E-state index contributed by atoms with van der Waals surface area (Å²) in [6, 6.07) is 14.0. The monoisotopic (exact) mass is 420 g/mol. The zero-order valence-electron chi connectivity index (χ0n) is 17.0. The van der Waals surface area contributed by atoms with Gasteiger partial charge in [0.1, 0.15) is 6.67 Å². The molecule has 0 fully saturated rings. The Kier molecular flexibility index (Phi) is 4.89. The summed E-state index contributed by atoms with van der Waals surface area (Å²) in [5, 5.41) is 3.34. The van der Waals surface area contributed by atoms with Crippen molar-refractivity contribution >= 4 is 23.0 Å². The standard InChI is InChI=1S/C23H21FN4O3/c1-30-22(29)16-6-7-18-19(12-16)28(9-8-24)21(27-18)20-13-25-23(31-20)26-17-10-14-4-2-3-5-15(14)11-17/h2-7,12-13,17H,8-11H2,1H3,(H,25,26). The molecule has 31 heavy (non-hydrogen) atoms. The van der Waals surface area contributed by atoms with Crippen molar-refractivity contribution in [3.05, 3.63) is 65.4 Å². The third-order valence-electron chi connectivity index (χ3n) is 5.58. The van der Waals surface area contributed by atoms with Crippen molar-refractivity contribution in [2.75, 3.05) is 19.1 Å². The zero-order chi connectivity index (χ0) is 21.4. The third-order valence-corrected chi connectivity index (χ3v) is 5.58. The SMILES string of the molecule is COC(=O)c1ccc2nc(-c3cnc(NC4Cc5ccccc5C4)o3)n(CCF)c2c1. The molecule has 5 rings (SSSR count). The topological polar surface area (TPSA) is 82.2 Å². The summed E-state index contributed by atoms with van der Waals surface area (Å²) < 4.78 is 25.7. The molecule has 0 amide bonds. The van der Waals surface area contributed by atoms with Crippen molar-refractivity contribution in [1.29, 1.82) is 0 Å². The third kappa shape index (κ3) is 3.54. The van der Waals surface area contributed by atoms with Gasteiger partial charge in [0, 0.05) is 6.04 Å². The van der Waals surface area contributed by atoms with Crippen molar-refractivity contribution in [3.8, 4) is 11.6 Å². The van der Waals surface area contributed by atoms with Crippen LogP contribution in [-0.4, -0.2) is 40.3 Å². The van der Waals surface area contributed by atoms with Gasteiger partial charge < -0.3 is 19.0 Å². The number of esters is 1. The molecule has 1 aliphatic carbocycles. The van der Waals surface area contributed by atoms with Gasteiger partial charge in [-0.1, -0.05) is 24.3 Å². The highest BCUT2D eigenvalue weighted by Gasteiger charge is 2.23. The maximum atomic E-state index is 13.3. The molecule has 2 aromatic heterocycles. The summed E-state index contributed by atoms with van der Waals surface area (Å²) in [5.74, 6) is 0.437. The molecule has 0 radical (unpaired) electrons. The largest absolute Gasteiger partial charge is 0.465 e. The molecule has 1 N–H and O–H groups in total. The predicted molar refractivity (Wildman–Crippen MR) is 114 cm³/mol. The number of hydrogen-bond acceptors (Lipinski definition) is 6. The quantitative estimate of drug-likeness (QED) is 0.475. The first-order valence-corrected chi connectivity index (χ1v) is 10.1. The summed E-state index contributed by atoms with van der Waals surface area (Å²) in [7, 11) is 1.32. The summed E-state index contributed by atoms with van der Waals surface area (Å²) >= 11 is 0. The van der Waals surface area contributed by atoms with Crippen LogP contribution in [0.3, 0.4) is 0 Å². The number of carbonyl (C=O) groups excluding carboxylic acids is 1. The molecular weight excluding hydrogens is 399 g/mol. The van der Waals surface area contributed by atoms with E-state index >= 15 is 0 Å². The number of anilines is 1. The van der Waals surface area contributed by atoms with Crippen molar-refractivity contribution < 1.29 is 18.3 Å². The normalized spacial score (nSPS) is 13.5. The van der Waals surface area contributed by atoms with E-state index in [2.05, 4.69) is 27.4 Å². The molecule has 4 aromatic rings. The molecule has 2 aromatic carbocycles. The van der Waals surface area contributed by atoms with E-state index in [1.165, 1.54) is 18.2 Å². The van der Waals surface area contributed by atoms with Crippen LogP contribution >= 0.6 is 0 Å². The summed E-state index contributed by atoms with van der Waals surface area (Å²) in [5.41, 5.74) is 4.30. The van der Waals surface area contributed by atoms with Crippen LogP contribution in [0.15, 0.2) is 53.1 Å².